The van der Waals surface area contributed by atoms with E-state index < -0.39 is 5.60 Å². The minimum absolute atomic E-state index is 0.167. The monoisotopic (exact) mass is 273 g/mol. The number of furan rings is 1. The molecule has 4 nitrogen and oxygen atoms in total. The van der Waals surface area contributed by atoms with Crippen LogP contribution in [0.2, 0.25) is 0 Å². The van der Waals surface area contributed by atoms with Gasteiger partial charge < -0.3 is 14.8 Å². The molecule has 0 radical (unpaired) electrons. The zero-order valence-corrected chi connectivity index (χ0v) is 11.7. The Balaban J connectivity index is 1.90. The van der Waals surface area contributed by atoms with Gasteiger partial charge in [-0.15, -0.1) is 0 Å². The van der Waals surface area contributed by atoms with Crippen LogP contribution in [-0.2, 0) is 6.42 Å². The summed E-state index contributed by atoms with van der Waals surface area (Å²) >= 11 is 0. The number of aliphatic hydroxyl groups is 1. The van der Waals surface area contributed by atoms with Gasteiger partial charge in [-0.3, -0.25) is 4.79 Å². The van der Waals surface area contributed by atoms with Crippen LogP contribution in [0.1, 0.15) is 28.6 Å². The summed E-state index contributed by atoms with van der Waals surface area (Å²) in [6, 6.07) is 10.9. The van der Waals surface area contributed by atoms with Crippen LogP contribution in [-0.4, -0.2) is 23.2 Å². The molecule has 0 saturated heterocycles. The Bertz CT molecular complexity index is 556. The molecule has 0 bridgehead atoms. The Morgan fingerprint density at radius 1 is 1.30 bits per heavy atom. The Labute approximate surface area is 118 Å². The third-order valence-electron chi connectivity index (χ3n) is 3.08. The van der Waals surface area contributed by atoms with Gasteiger partial charge in [0.15, 0.2) is 0 Å². The van der Waals surface area contributed by atoms with E-state index in [1.807, 2.05) is 19.1 Å². The van der Waals surface area contributed by atoms with Crippen molar-refractivity contribution >= 4 is 5.91 Å². The Kier molecular flexibility index (Phi) is 4.25. The molecule has 1 amide bonds. The number of rotatable bonds is 5. The molecule has 2 aromatic rings. The van der Waals surface area contributed by atoms with E-state index in [4.69, 9.17) is 4.42 Å². The molecule has 20 heavy (non-hydrogen) atoms. The average Bonchev–Trinajstić information content (AvgIpc) is 2.89. The van der Waals surface area contributed by atoms with Gasteiger partial charge in [-0.25, -0.2) is 0 Å². The molecule has 0 spiro atoms. The maximum absolute atomic E-state index is 12.0. The average molecular weight is 273 g/mol. The molecule has 0 aliphatic carbocycles. The molecule has 2 rings (SSSR count). The minimum atomic E-state index is -1.04. The normalized spacial score (nSPS) is 13.8. The lowest BCUT2D eigenvalue weighted by molar-refractivity contribution is 0.0510. The van der Waals surface area contributed by atoms with E-state index in [0.29, 0.717) is 17.7 Å². The van der Waals surface area contributed by atoms with Crippen molar-refractivity contribution in [1.82, 2.24) is 5.32 Å². The highest BCUT2D eigenvalue weighted by atomic mass is 16.3. The van der Waals surface area contributed by atoms with Crippen LogP contribution >= 0.6 is 0 Å². The van der Waals surface area contributed by atoms with Gasteiger partial charge in [-0.05, 0) is 38.1 Å². The van der Waals surface area contributed by atoms with Gasteiger partial charge in [-0.1, -0.05) is 17.7 Å². The van der Waals surface area contributed by atoms with Gasteiger partial charge in [0.25, 0.3) is 5.91 Å². The van der Waals surface area contributed by atoms with Crippen molar-refractivity contribution in [2.45, 2.75) is 25.9 Å². The summed E-state index contributed by atoms with van der Waals surface area (Å²) in [4.78, 5) is 12.0. The van der Waals surface area contributed by atoms with Crippen LogP contribution < -0.4 is 5.32 Å². The van der Waals surface area contributed by atoms with E-state index in [-0.39, 0.29) is 12.5 Å². The summed E-state index contributed by atoms with van der Waals surface area (Å²) in [5, 5.41) is 13.0. The lowest BCUT2D eigenvalue weighted by atomic mass is 10.0. The van der Waals surface area contributed by atoms with Crippen molar-refractivity contribution in [3.8, 4) is 0 Å². The predicted molar refractivity (Wildman–Crippen MR) is 76.5 cm³/mol. The Morgan fingerprint density at radius 3 is 2.60 bits per heavy atom. The number of amides is 1. The lowest BCUT2D eigenvalue weighted by Gasteiger charge is -2.22. The molecule has 1 unspecified atom stereocenters. The van der Waals surface area contributed by atoms with Crippen molar-refractivity contribution in [1.29, 1.82) is 0 Å². The van der Waals surface area contributed by atoms with E-state index in [2.05, 4.69) is 5.32 Å². The van der Waals surface area contributed by atoms with Gasteiger partial charge in [-0.2, -0.15) is 0 Å². The van der Waals surface area contributed by atoms with Crippen molar-refractivity contribution in [2.24, 2.45) is 0 Å². The van der Waals surface area contributed by atoms with Gasteiger partial charge in [0.1, 0.15) is 5.76 Å². The summed E-state index contributed by atoms with van der Waals surface area (Å²) in [7, 11) is 0. The number of carbonyl (C=O) groups is 1. The van der Waals surface area contributed by atoms with Crippen molar-refractivity contribution < 1.29 is 14.3 Å². The van der Waals surface area contributed by atoms with Gasteiger partial charge in [0.2, 0.25) is 0 Å². The zero-order valence-electron chi connectivity index (χ0n) is 11.7. The van der Waals surface area contributed by atoms with Gasteiger partial charge >= 0.3 is 0 Å². The summed E-state index contributed by atoms with van der Waals surface area (Å²) in [5.41, 5.74) is 0.647. The molecular weight excluding hydrogens is 254 g/mol. The van der Waals surface area contributed by atoms with Crippen molar-refractivity contribution in [2.75, 3.05) is 6.54 Å². The molecule has 0 fully saturated rings. The first-order valence-corrected chi connectivity index (χ1v) is 6.56. The van der Waals surface area contributed by atoms with E-state index in [9.17, 15) is 9.90 Å². The molecule has 1 aromatic carbocycles. The second-order valence-electron chi connectivity index (χ2n) is 5.30. The third kappa shape index (κ3) is 3.96. The van der Waals surface area contributed by atoms with Gasteiger partial charge in [0.05, 0.1) is 11.9 Å². The molecule has 1 aromatic heterocycles. The number of hydrogen-bond donors (Lipinski definition) is 2. The zero-order chi connectivity index (χ0) is 14.6. The number of carbonyl (C=O) groups excluding carboxylic acids is 1. The Morgan fingerprint density at radius 2 is 2.00 bits per heavy atom. The standard InChI is InChI=1S/C16H19NO3/c1-12-5-7-13(8-6-12)15(18)17-11-16(2,19)10-14-4-3-9-20-14/h3-9,19H,10-11H2,1-2H3,(H,17,18). The van der Waals surface area contributed by atoms with E-state index in [1.165, 1.54) is 0 Å². The molecule has 1 atom stereocenters. The largest absolute Gasteiger partial charge is 0.469 e. The van der Waals surface area contributed by atoms with Crippen molar-refractivity contribution in [3.05, 3.63) is 59.5 Å². The quantitative estimate of drug-likeness (QED) is 0.878. The molecule has 1 heterocycles. The number of aryl methyl sites for hydroxylation is 1. The molecule has 0 saturated carbocycles. The molecule has 106 valence electrons. The molecular formula is C16H19NO3. The van der Waals surface area contributed by atoms with Crippen LogP contribution in [0.3, 0.4) is 0 Å². The van der Waals surface area contributed by atoms with E-state index >= 15 is 0 Å². The van der Waals surface area contributed by atoms with E-state index in [0.717, 1.165) is 5.56 Å². The van der Waals surface area contributed by atoms with Crippen molar-refractivity contribution in [3.63, 3.8) is 0 Å². The first kappa shape index (κ1) is 14.3. The fourth-order valence-electron chi connectivity index (χ4n) is 1.93. The van der Waals surface area contributed by atoms with Crippen LogP contribution in [0.25, 0.3) is 0 Å². The van der Waals surface area contributed by atoms with Crippen LogP contribution in [0.15, 0.2) is 47.1 Å². The highest BCUT2D eigenvalue weighted by molar-refractivity contribution is 5.94. The molecule has 0 aliphatic rings. The molecule has 4 heteroatoms. The molecule has 0 aliphatic heterocycles. The first-order valence-electron chi connectivity index (χ1n) is 6.56. The number of nitrogens with one attached hydrogen (secondary N) is 1. The topological polar surface area (TPSA) is 62.5 Å². The predicted octanol–water partition coefficient (Wildman–Crippen LogP) is 2.31. The minimum Gasteiger partial charge on any atom is -0.469 e. The Hall–Kier alpha value is -2.07. The lowest BCUT2D eigenvalue weighted by Crippen LogP contribution is -2.42. The fourth-order valence-corrected chi connectivity index (χ4v) is 1.93. The second-order valence-corrected chi connectivity index (χ2v) is 5.30. The number of hydrogen-bond acceptors (Lipinski definition) is 3. The summed E-state index contributed by atoms with van der Waals surface area (Å²) in [6.07, 6.45) is 1.92. The van der Waals surface area contributed by atoms with E-state index in [1.54, 1.807) is 37.5 Å². The summed E-state index contributed by atoms with van der Waals surface area (Å²) in [6.45, 7) is 3.81. The maximum atomic E-state index is 12.0. The smallest absolute Gasteiger partial charge is 0.251 e. The van der Waals surface area contributed by atoms with Crippen LogP contribution in [0.4, 0.5) is 0 Å². The van der Waals surface area contributed by atoms with Crippen LogP contribution in [0.5, 0.6) is 0 Å². The SMILES string of the molecule is Cc1ccc(C(=O)NCC(C)(O)Cc2ccco2)cc1. The maximum Gasteiger partial charge on any atom is 0.251 e. The third-order valence-corrected chi connectivity index (χ3v) is 3.08. The first-order chi connectivity index (χ1) is 9.46. The molecule has 2 N–H and O–H groups in total. The van der Waals surface area contributed by atoms with Crippen LogP contribution in [0, 0.1) is 6.92 Å². The van der Waals surface area contributed by atoms with Gasteiger partial charge in [0, 0.05) is 18.5 Å². The highest BCUT2D eigenvalue weighted by Crippen LogP contribution is 2.13. The second kappa shape index (κ2) is 5.92. The number of benzene rings is 1. The summed E-state index contributed by atoms with van der Waals surface area (Å²) in [5.74, 6) is 0.504. The highest BCUT2D eigenvalue weighted by Gasteiger charge is 2.23. The fraction of sp³-hybridized carbons (Fsp3) is 0.312. The summed E-state index contributed by atoms with van der Waals surface area (Å²) < 4.78 is 5.20.